The van der Waals surface area contributed by atoms with Gasteiger partial charge in [-0.3, -0.25) is 10.2 Å². The molecule has 27 heavy (non-hydrogen) atoms. The Bertz CT molecular complexity index is 845. The molecule has 2 aromatic rings. The highest BCUT2D eigenvalue weighted by Gasteiger charge is 2.53. The molecule has 0 radical (unpaired) electrons. The van der Waals surface area contributed by atoms with E-state index in [1.165, 1.54) is 0 Å². The zero-order chi connectivity index (χ0) is 19.8. The van der Waals surface area contributed by atoms with Crippen LogP contribution in [0.3, 0.4) is 0 Å². The summed E-state index contributed by atoms with van der Waals surface area (Å²) in [4.78, 5) is 11.9. The minimum atomic E-state index is -4.53. The second-order valence-electron chi connectivity index (χ2n) is 7.85. The molecule has 146 valence electrons. The number of amides is 1. The van der Waals surface area contributed by atoms with Gasteiger partial charge in [-0.1, -0.05) is 49.7 Å². The normalized spacial score (nSPS) is 18.7. The van der Waals surface area contributed by atoms with Gasteiger partial charge in [-0.05, 0) is 48.6 Å². The van der Waals surface area contributed by atoms with E-state index in [-0.39, 0.29) is 17.9 Å². The van der Waals surface area contributed by atoms with Gasteiger partial charge in [0, 0.05) is 12.0 Å². The third-order valence-electron chi connectivity index (χ3n) is 5.13. The van der Waals surface area contributed by atoms with Crippen LogP contribution in [0.4, 0.5) is 13.2 Å². The molecule has 0 spiro atoms. The van der Waals surface area contributed by atoms with E-state index in [9.17, 15) is 18.0 Å². The molecule has 2 aromatic carbocycles. The Morgan fingerprint density at radius 1 is 1.22 bits per heavy atom. The molecule has 1 heterocycles. The van der Waals surface area contributed by atoms with Crippen molar-refractivity contribution < 1.29 is 18.0 Å². The molecule has 6 heteroatoms. The van der Waals surface area contributed by atoms with Crippen molar-refractivity contribution in [3.63, 3.8) is 0 Å². The van der Waals surface area contributed by atoms with Gasteiger partial charge in [0.05, 0.1) is 0 Å². The average Bonchev–Trinajstić information content (AvgIpc) is 2.84. The quantitative estimate of drug-likeness (QED) is 0.766. The van der Waals surface area contributed by atoms with Crippen molar-refractivity contribution in [1.29, 1.82) is 0 Å². The number of aryl methyl sites for hydroxylation is 1. The lowest BCUT2D eigenvalue weighted by Gasteiger charge is -2.38. The largest absolute Gasteiger partial charge is 0.409 e. The third kappa shape index (κ3) is 3.95. The second-order valence-corrected chi connectivity index (χ2v) is 7.85. The number of nitrogens with zero attached hydrogens (tertiary/aromatic N) is 1. The van der Waals surface area contributed by atoms with Crippen LogP contribution in [0.25, 0.3) is 10.8 Å². The van der Waals surface area contributed by atoms with Gasteiger partial charge >= 0.3 is 6.18 Å². The summed E-state index contributed by atoms with van der Waals surface area (Å²) in [6.07, 6.45) is -1.87. The van der Waals surface area contributed by atoms with Crippen LogP contribution in [0, 0.1) is 0 Å². The molecule has 1 fully saturated rings. The number of nitrogens with one attached hydrogen (secondary N) is 1. The molecular weight excluding hydrogens is 353 g/mol. The van der Waals surface area contributed by atoms with E-state index in [0.29, 0.717) is 5.39 Å². The van der Waals surface area contributed by atoms with Gasteiger partial charge < -0.3 is 0 Å². The first kappa shape index (κ1) is 19.7. The fraction of sp³-hybridized carbons (Fsp3) is 0.476. The molecule has 0 aliphatic carbocycles. The Labute approximate surface area is 157 Å². The van der Waals surface area contributed by atoms with Crippen LogP contribution < -0.4 is 5.43 Å². The van der Waals surface area contributed by atoms with Crippen LogP contribution in [0.2, 0.25) is 0 Å². The highest BCUT2D eigenvalue weighted by atomic mass is 19.4. The molecule has 1 aliphatic heterocycles. The smallest absolute Gasteiger partial charge is 0.287 e. The summed E-state index contributed by atoms with van der Waals surface area (Å²) in [5, 5.41) is 2.44. The van der Waals surface area contributed by atoms with Crippen molar-refractivity contribution in [1.82, 2.24) is 10.4 Å². The summed E-state index contributed by atoms with van der Waals surface area (Å²) >= 11 is 0. The number of halogens is 3. The summed E-state index contributed by atoms with van der Waals surface area (Å²) < 4.78 is 42.7. The molecule has 1 N–H and O–H groups in total. The predicted octanol–water partition coefficient (Wildman–Crippen LogP) is 5.30. The minimum absolute atomic E-state index is 0.0348. The van der Waals surface area contributed by atoms with Crippen molar-refractivity contribution in [3.05, 3.63) is 47.5 Å². The van der Waals surface area contributed by atoms with Gasteiger partial charge in [0.25, 0.3) is 0 Å². The van der Waals surface area contributed by atoms with Crippen molar-refractivity contribution in [2.24, 2.45) is 0 Å². The van der Waals surface area contributed by atoms with E-state index >= 15 is 0 Å². The van der Waals surface area contributed by atoms with Crippen LogP contribution in [0.15, 0.2) is 36.4 Å². The fourth-order valence-electron chi connectivity index (χ4n) is 3.84. The van der Waals surface area contributed by atoms with E-state index in [1.54, 1.807) is 32.0 Å². The standard InChI is InChI=1S/C21H25F3N2O/c1-4-5-8-14-11-15-9-6-7-10-16(15)17(12-14)19(21(22,23)24)26-20(2,3)13-18(27)25-26/h6-7,9-12,19H,4-5,8,13H2,1-3H3,(H,25,27)/t19-/m0/s1. The van der Waals surface area contributed by atoms with Gasteiger partial charge in [0.15, 0.2) is 6.04 Å². The van der Waals surface area contributed by atoms with E-state index in [4.69, 9.17) is 0 Å². The summed E-state index contributed by atoms with van der Waals surface area (Å²) in [5.41, 5.74) is 2.61. The first-order valence-corrected chi connectivity index (χ1v) is 9.30. The number of hydrogen-bond donors (Lipinski definition) is 1. The molecule has 0 unspecified atom stereocenters. The van der Waals surface area contributed by atoms with E-state index in [1.807, 2.05) is 18.2 Å². The number of rotatable bonds is 5. The van der Waals surface area contributed by atoms with E-state index in [2.05, 4.69) is 12.3 Å². The first-order valence-electron chi connectivity index (χ1n) is 9.30. The summed E-state index contributed by atoms with van der Waals surface area (Å²) in [5.74, 6) is -0.388. The van der Waals surface area contributed by atoms with Gasteiger partial charge in [-0.2, -0.15) is 18.2 Å². The maximum absolute atomic E-state index is 14.2. The zero-order valence-corrected chi connectivity index (χ0v) is 15.9. The van der Waals surface area contributed by atoms with Crippen molar-refractivity contribution in [2.75, 3.05) is 0 Å². The van der Waals surface area contributed by atoms with Gasteiger partial charge in [-0.15, -0.1) is 0 Å². The Morgan fingerprint density at radius 3 is 2.52 bits per heavy atom. The third-order valence-corrected chi connectivity index (χ3v) is 5.13. The molecule has 0 aromatic heterocycles. The van der Waals surface area contributed by atoms with Crippen LogP contribution in [0.1, 0.15) is 57.2 Å². The highest BCUT2D eigenvalue weighted by molar-refractivity contribution is 5.87. The fourth-order valence-corrected chi connectivity index (χ4v) is 3.84. The average molecular weight is 378 g/mol. The lowest BCUT2D eigenvalue weighted by molar-refractivity contribution is -0.203. The molecule has 3 rings (SSSR count). The Hall–Kier alpha value is -2.08. The molecule has 1 saturated heterocycles. The van der Waals surface area contributed by atoms with Crippen molar-refractivity contribution >= 4 is 16.7 Å². The monoisotopic (exact) mass is 378 g/mol. The number of hydrogen-bond acceptors (Lipinski definition) is 2. The number of carbonyl (C=O) groups is 1. The molecule has 3 nitrogen and oxygen atoms in total. The topological polar surface area (TPSA) is 32.3 Å². The summed E-state index contributed by atoms with van der Waals surface area (Å²) in [7, 11) is 0. The van der Waals surface area contributed by atoms with Gasteiger partial charge in [0.2, 0.25) is 5.91 Å². The van der Waals surface area contributed by atoms with Crippen LogP contribution in [-0.4, -0.2) is 22.6 Å². The predicted molar refractivity (Wildman–Crippen MR) is 100 cm³/mol. The van der Waals surface area contributed by atoms with E-state index < -0.39 is 17.8 Å². The number of unbranched alkanes of at least 4 members (excludes halogenated alkanes) is 1. The Morgan fingerprint density at radius 2 is 1.93 bits per heavy atom. The van der Waals surface area contributed by atoms with Crippen molar-refractivity contribution in [2.45, 2.75) is 64.2 Å². The zero-order valence-electron chi connectivity index (χ0n) is 15.9. The number of alkyl halides is 3. The maximum atomic E-state index is 14.2. The molecule has 1 amide bonds. The summed E-state index contributed by atoms with van der Waals surface area (Å²) in [6.45, 7) is 5.38. The lowest BCUT2D eigenvalue weighted by Crippen LogP contribution is -2.51. The van der Waals surface area contributed by atoms with Gasteiger partial charge in [0.1, 0.15) is 0 Å². The SMILES string of the molecule is CCCCc1cc([C@H](N2NC(=O)CC2(C)C)C(F)(F)F)c2ccccc2c1. The second kappa shape index (κ2) is 7.15. The van der Waals surface area contributed by atoms with Crippen LogP contribution in [-0.2, 0) is 11.2 Å². The number of carbonyl (C=O) groups excluding carboxylic acids is 1. The Balaban J connectivity index is 2.20. The van der Waals surface area contributed by atoms with Crippen LogP contribution >= 0.6 is 0 Å². The summed E-state index contributed by atoms with van der Waals surface area (Å²) in [6, 6.07) is 8.88. The minimum Gasteiger partial charge on any atom is -0.287 e. The van der Waals surface area contributed by atoms with E-state index in [0.717, 1.165) is 35.2 Å². The maximum Gasteiger partial charge on any atom is 0.409 e. The van der Waals surface area contributed by atoms with Gasteiger partial charge in [-0.25, -0.2) is 0 Å². The van der Waals surface area contributed by atoms with Crippen LogP contribution in [0.5, 0.6) is 0 Å². The molecule has 0 bridgehead atoms. The molecule has 1 atom stereocenters. The highest BCUT2D eigenvalue weighted by Crippen LogP contribution is 2.45. The molecule has 1 aliphatic rings. The number of fused-ring (bicyclic) bond motifs is 1. The molecule has 0 saturated carbocycles. The Kier molecular flexibility index (Phi) is 5.21. The molecular formula is C21H25F3N2O. The van der Waals surface area contributed by atoms with Crippen molar-refractivity contribution in [3.8, 4) is 0 Å². The number of benzene rings is 2. The lowest BCUT2D eigenvalue weighted by atomic mass is 9.91. The first-order chi connectivity index (χ1) is 12.6. The number of hydrazine groups is 1.